The standard InChI is InChI=1S/C9H9BrN2OS.BrH/c1-2-14(13)9-11-7-5-3-4-6(10)8(7)12-9;/h3-5H,2H2,1H3,(H,11,12);1H. The molecule has 3 nitrogen and oxygen atoms in total. The molecular formula is C9H10Br2N2OS. The zero-order chi connectivity index (χ0) is 10.1. The van der Waals surface area contributed by atoms with Gasteiger partial charge < -0.3 is 4.98 Å². The maximum atomic E-state index is 11.5. The molecule has 0 aliphatic rings. The largest absolute Gasteiger partial charge is 0.331 e. The van der Waals surface area contributed by atoms with Crippen LogP contribution in [-0.2, 0) is 10.8 Å². The second-order valence-corrected chi connectivity index (χ2v) is 5.32. The summed E-state index contributed by atoms with van der Waals surface area (Å²) in [5.41, 5.74) is 1.75. The summed E-state index contributed by atoms with van der Waals surface area (Å²) in [6.45, 7) is 1.87. The Hall–Kier alpha value is -0.200. The van der Waals surface area contributed by atoms with Gasteiger partial charge in [0.05, 0.1) is 16.3 Å². The van der Waals surface area contributed by atoms with Crippen LogP contribution in [0.25, 0.3) is 11.0 Å². The van der Waals surface area contributed by atoms with Crippen molar-refractivity contribution in [3.63, 3.8) is 0 Å². The van der Waals surface area contributed by atoms with E-state index < -0.39 is 10.8 Å². The number of aromatic amines is 1. The van der Waals surface area contributed by atoms with Gasteiger partial charge in [-0.2, -0.15) is 0 Å². The molecule has 0 spiro atoms. The summed E-state index contributed by atoms with van der Waals surface area (Å²) >= 11 is 3.40. The van der Waals surface area contributed by atoms with Crippen molar-refractivity contribution in [1.29, 1.82) is 0 Å². The Morgan fingerprint density at radius 1 is 1.53 bits per heavy atom. The Kier molecular flexibility index (Phi) is 4.48. The van der Waals surface area contributed by atoms with Crippen molar-refractivity contribution >= 4 is 54.7 Å². The van der Waals surface area contributed by atoms with Crippen molar-refractivity contribution in [2.45, 2.75) is 12.1 Å². The van der Waals surface area contributed by atoms with Gasteiger partial charge in [0.15, 0.2) is 5.16 Å². The molecule has 15 heavy (non-hydrogen) atoms. The molecular weight excluding hydrogens is 344 g/mol. The number of H-pyrrole nitrogens is 1. The maximum Gasteiger partial charge on any atom is 0.197 e. The number of benzene rings is 1. The van der Waals surface area contributed by atoms with Gasteiger partial charge in [0.25, 0.3) is 0 Å². The van der Waals surface area contributed by atoms with Crippen LogP contribution in [0.5, 0.6) is 0 Å². The molecule has 1 unspecified atom stereocenters. The maximum absolute atomic E-state index is 11.5. The molecule has 0 bridgehead atoms. The summed E-state index contributed by atoms with van der Waals surface area (Å²) < 4.78 is 12.4. The van der Waals surface area contributed by atoms with Crippen molar-refractivity contribution in [3.05, 3.63) is 22.7 Å². The number of hydrogen-bond acceptors (Lipinski definition) is 2. The van der Waals surface area contributed by atoms with Crippen LogP contribution in [0.1, 0.15) is 6.92 Å². The second-order valence-electron chi connectivity index (χ2n) is 2.81. The van der Waals surface area contributed by atoms with E-state index in [9.17, 15) is 4.21 Å². The van der Waals surface area contributed by atoms with Gasteiger partial charge in [-0.3, -0.25) is 4.21 Å². The number of hydrogen-bond donors (Lipinski definition) is 1. The van der Waals surface area contributed by atoms with Crippen LogP contribution < -0.4 is 0 Å². The third kappa shape index (κ3) is 2.49. The van der Waals surface area contributed by atoms with E-state index >= 15 is 0 Å². The fourth-order valence-electron chi connectivity index (χ4n) is 1.22. The molecule has 0 fully saturated rings. The number of imidazole rings is 1. The van der Waals surface area contributed by atoms with E-state index in [0.717, 1.165) is 15.5 Å². The number of rotatable bonds is 2. The van der Waals surface area contributed by atoms with Gasteiger partial charge in [0.2, 0.25) is 0 Å². The molecule has 0 saturated carbocycles. The molecule has 1 N–H and O–H groups in total. The molecule has 0 aliphatic heterocycles. The van der Waals surface area contributed by atoms with E-state index in [1.807, 2.05) is 25.1 Å². The highest BCUT2D eigenvalue weighted by molar-refractivity contribution is 9.10. The van der Waals surface area contributed by atoms with Gasteiger partial charge in [-0.05, 0) is 28.1 Å². The minimum atomic E-state index is -1.02. The molecule has 2 aromatic rings. The number of fused-ring (bicyclic) bond motifs is 1. The van der Waals surface area contributed by atoms with Crippen LogP contribution in [0, 0.1) is 0 Å². The lowest BCUT2D eigenvalue weighted by molar-refractivity contribution is 0.679. The van der Waals surface area contributed by atoms with Crippen LogP contribution in [0.15, 0.2) is 27.8 Å². The molecule has 0 radical (unpaired) electrons. The zero-order valence-corrected chi connectivity index (χ0v) is 12.1. The first-order valence-electron chi connectivity index (χ1n) is 4.25. The topological polar surface area (TPSA) is 45.8 Å². The first kappa shape index (κ1) is 12.9. The lowest BCUT2D eigenvalue weighted by Crippen LogP contribution is -1.95. The highest BCUT2D eigenvalue weighted by atomic mass is 79.9. The van der Waals surface area contributed by atoms with Crippen molar-refractivity contribution < 1.29 is 4.21 Å². The summed E-state index contributed by atoms with van der Waals surface area (Å²) in [7, 11) is -1.02. The Bertz CT molecular complexity index is 498. The molecule has 0 saturated heterocycles. The molecule has 1 aromatic carbocycles. The predicted molar refractivity (Wildman–Crippen MR) is 71.1 cm³/mol. The molecule has 0 amide bonds. The Labute approximate surface area is 109 Å². The quantitative estimate of drug-likeness (QED) is 0.901. The first-order chi connectivity index (χ1) is 6.72. The minimum Gasteiger partial charge on any atom is -0.331 e. The molecule has 82 valence electrons. The Morgan fingerprint density at radius 3 is 2.87 bits per heavy atom. The van der Waals surface area contributed by atoms with Crippen molar-refractivity contribution in [2.24, 2.45) is 0 Å². The normalized spacial score (nSPS) is 12.4. The van der Waals surface area contributed by atoms with E-state index in [0.29, 0.717) is 10.9 Å². The number of halogens is 2. The average Bonchev–Trinajstić information content (AvgIpc) is 2.62. The van der Waals surface area contributed by atoms with E-state index in [1.165, 1.54) is 0 Å². The molecule has 1 heterocycles. The number of para-hydroxylation sites is 1. The van der Waals surface area contributed by atoms with Crippen molar-refractivity contribution in [2.75, 3.05) is 5.75 Å². The SMILES string of the molecule is Br.CCS(=O)c1nc2c(Br)cccc2[nH]1. The number of nitrogens with one attached hydrogen (secondary N) is 1. The van der Waals surface area contributed by atoms with Gasteiger partial charge in [0.1, 0.15) is 5.52 Å². The third-order valence-electron chi connectivity index (χ3n) is 1.92. The third-order valence-corrected chi connectivity index (χ3v) is 3.71. The molecule has 2 rings (SSSR count). The van der Waals surface area contributed by atoms with Gasteiger partial charge >= 0.3 is 0 Å². The molecule has 0 aliphatic carbocycles. The zero-order valence-electron chi connectivity index (χ0n) is 7.99. The summed E-state index contributed by atoms with van der Waals surface area (Å²) in [5, 5.41) is 0.550. The number of aromatic nitrogens is 2. The summed E-state index contributed by atoms with van der Waals surface area (Å²) in [4.78, 5) is 7.33. The van der Waals surface area contributed by atoms with Crippen LogP contribution >= 0.6 is 32.9 Å². The molecule has 6 heteroatoms. The highest BCUT2D eigenvalue weighted by Crippen LogP contribution is 2.22. The lowest BCUT2D eigenvalue weighted by Gasteiger charge is -1.88. The van der Waals surface area contributed by atoms with Gasteiger partial charge in [0, 0.05) is 10.2 Å². The van der Waals surface area contributed by atoms with Gasteiger partial charge in [-0.25, -0.2) is 4.98 Å². The smallest absolute Gasteiger partial charge is 0.197 e. The minimum absolute atomic E-state index is 0. The van der Waals surface area contributed by atoms with Gasteiger partial charge in [-0.15, -0.1) is 17.0 Å². The molecule has 1 atom stereocenters. The average molecular weight is 354 g/mol. The molecule has 1 aromatic heterocycles. The van der Waals surface area contributed by atoms with E-state index in [2.05, 4.69) is 25.9 Å². The van der Waals surface area contributed by atoms with E-state index in [-0.39, 0.29) is 17.0 Å². The van der Waals surface area contributed by atoms with Gasteiger partial charge in [-0.1, -0.05) is 13.0 Å². The van der Waals surface area contributed by atoms with Crippen molar-refractivity contribution in [3.8, 4) is 0 Å². The summed E-state index contributed by atoms with van der Waals surface area (Å²) in [6.07, 6.45) is 0. The fraction of sp³-hybridized carbons (Fsp3) is 0.222. The van der Waals surface area contributed by atoms with Crippen LogP contribution in [-0.4, -0.2) is 19.9 Å². The first-order valence-corrected chi connectivity index (χ1v) is 6.36. The van der Waals surface area contributed by atoms with Crippen LogP contribution in [0.2, 0.25) is 0 Å². The predicted octanol–water partition coefficient (Wildman–Crippen LogP) is 3.03. The van der Waals surface area contributed by atoms with E-state index in [1.54, 1.807) is 0 Å². The summed E-state index contributed by atoms with van der Waals surface area (Å²) in [6, 6.07) is 5.76. The van der Waals surface area contributed by atoms with E-state index in [4.69, 9.17) is 0 Å². The Balaban J connectivity index is 0.00000112. The Morgan fingerprint density at radius 2 is 2.27 bits per heavy atom. The fourth-order valence-corrected chi connectivity index (χ4v) is 2.36. The van der Waals surface area contributed by atoms with Crippen molar-refractivity contribution in [1.82, 2.24) is 9.97 Å². The highest BCUT2D eigenvalue weighted by Gasteiger charge is 2.09. The lowest BCUT2D eigenvalue weighted by atomic mass is 10.3. The monoisotopic (exact) mass is 352 g/mol. The van der Waals surface area contributed by atoms with Crippen LogP contribution in [0.4, 0.5) is 0 Å². The number of nitrogens with zero attached hydrogens (tertiary/aromatic N) is 1. The second kappa shape index (κ2) is 5.23. The van der Waals surface area contributed by atoms with Crippen LogP contribution in [0.3, 0.4) is 0 Å². The summed E-state index contributed by atoms with van der Waals surface area (Å²) in [5.74, 6) is 0.581.